The van der Waals surface area contributed by atoms with Crippen LogP contribution in [0.2, 0.25) is 0 Å². The molecule has 0 heterocycles. The number of hydrogen-bond donors (Lipinski definition) is 1. The van der Waals surface area contributed by atoms with E-state index in [-0.39, 0.29) is 12.2 Å². The lowest BCUT2D eigenvalue weighted by molar-refractivity contribution is -0.115. The molecular formula is C5H5IO2. The number of halogens is 1. The fourth-order valence-electron chi connectivity index (χ4n) is 0.608. The first-order chi connectivity index (χ1) is 3.70. The summed E-state index contributed by atoms with van der Waals surface area (Å²) in [4.78, 5) is 10.5. The average molecular weight is 224 g/mol. The van der Waals surface area contributed by atoms with Gasteiger partial charge in [0, 0.05) is 6.42 Å². The summed E-state index contributed by atoms with van der Waals surface area (Å²) in [6.07, 6.45) is 1.33. The number of allylic oxidation sites excluding steroid dienone is 1. The molecule has 1 rings (SSSR count). The monoisotopic (exact) mass is 224 g/mol. The molecule has 0 spiro atoms. The molecule has 2 nitrogen and oxygen atoms in total. The zero-order valence-electron chi connectivity index (χ0n) is 4.10. The Morgan fingerprint density at radius 2 is 2.50 bits per heavy atom. The third-order valence-electron chi connectivity index (χ3n) is 1.000. The molecule has 8 heavy (non-hydrogen) atoms. The molecule has 0 bridgehead atoms. The van der Waals surface area contributed by atoms with Crippen molar-refractivity contribution in [3.05, 3.63) is 9.66 Å². The van der Waals surface area contributed by atoms with Gasteiger partial charge in [0.1, 0.15) is 0 Å². The van der Waals surface area contributed by atoms with Gasteiger partial charge >= 0.3 is 0 Å². The van der Waals surface area contributed by atoms with Gasteiger partial charge in [-0.2, -0.15) is 0 Å². The quantitative estimate of drug-likeness (QED) is 0.613. The summed E-state index contributed by atoms with van der Waals surface area (Å²) in [5.41, 5.74) is 0. The number of carbonyl (C=O) groups is 1. The molecule has 44 valence electrons. The first kappa shape index (κ1) is 6.22. The van der Waals surface area contributed by atoms with Crippen LogP contribution in [0.5, 0.6) is 0 Å². The fraction of sp³-hybridized carbons (Fsp3) is 0.400. The van der Waals surface area contributed by atoms with Crippen LogP contribution in [0.1, 0.15) is 6.42 Å². The summed E-state index contributed by atoms with van der Waals surface area (Å²) in [6.45, 7) is 0. The molecule has 0 aromatic rings. The van der Waals surface area contributed by atoms with Gasteiger partial charge in [-0.15, -0.1) is 0 Å². The zero-order chi connectivity index (χ0) is 6.15. The molecule has 1 unspecified atom stereocenters. The number of rotatable bonds is 0. The molecule has 1 aliphatic rings. The van der Waals surface area contributed by atoms with Crippen molar-refractivity contribution in [1.82, 2.24) is 0 Å². The van der Waals surface area contributed by atoms with Crippen molar-refractivity contribution in [2.45, 2.75) is 12.5 Å². The lowest BCUT2D eigenvalue weighted by Crippen LogP contribution is -1.99. The highest BCUT2D eigenvalue weighted by Gasteiger charge is 2.18. The summed E-state index contributed by atoms with van der Waals surface area (Å²) in [7, 11) is 0. The number of hydrogen-bond acceptors (Lipinski definition) is 2. The van der Waals surface area contributed by atoms with E-state index < -0.39 is 6.10 Å². The van der Waals surface area contributed by atoms with Crippen LogP contribution in [0.3, 0.4) is 0 Å². The summed E-state index contributed by atoms with van der Waals surface area (Å²) < 4.78 is 0.662. The van der Waals surface area contributed by atoms with Crippen LogP contribution in [0, 0.1) is 0 Å². The standard InChI is InChI=1S/C5H5IO2/c6-4-1-3(7)2-5(4)8/h1,3,7H,2H2. The minimum absolute atomic E-state index is 0.0538. The second-order valence-electron chi connectivity index (χ2n) is 1.71. The Morgan fingerprint density at radius 3 is 2.62 bits per heavy atom. The Labute approximate surface area is 60.7 Å². The lowest BCUT2D eigenvalue weighted by Gasteiger charge is -1.88. The molecular weight excluding hydrogens is 219 g/mol. The Bertz CT molecular complexity index is 151. The highest BCUT2D eigenvalue weighted by Crippen LogP contribution is 2.19. The van der Waals surface area contributed by atoms with E-state index in [1.54, 1.807) is 6.08 Å². The van der Waals surface area contributed by atoms with Gasteiger partial charge < -0.3 is 5.11 Å². The third kappa shape index (κ3) is 1.08. The van der Waals surface area contributed by atoms with Crippen LogP contribution in [-0.2, 0) is 4.79 Å². The van der Waals surface area contributed by atoms with Gasteiger partial charge in [0.25, 0.3) is 0 Å². The first-order valence-corrected chi connectivity index (χ1v) is 3.36. The molecule has 1 N–H and O–H groups in total. The maximum atomic E-state index is 10.5. The van der Waals surface area contributed by atoms with Gasteiger partial charge in [0.05, 0.1) is 9.68 Å². The summed E-state index contributed by atoms with van der Waals surface area (Å²) in [6, 6.07) is 0. The second kappa shape index (κ2) is 2.14. The van der Waals surface area contributed by atoms with Crippen molar-refractivity contribution in [3.63, 3.8) is 0 Å². The highest BCUT2D eigenvalue weighted by molar-refractivity contribution is 14.1. The SMILES string of the molecule is O=C1CC(O)C=C1I. The molecule has 3 heteroatoms. The van der Waals surface area contributed by atoms with E-state index >= 15 is 0 Å². The molecule has 0 radical (unpaired) electrons. The largest absolute Gasteiger partial charge is 0.389 e. The van der Waals surface area contributed by atoms with Gasteiger partial charge in [-0.3, -0.25) is 4.79 Å². The van der Waals surface area contributed by atoms with E-state index in [0.29, 0.717) is 3.58 Å². The normalized spacial score (nSPS) is 28.5. The van der Waals surface area contributed by atoms with Crippen LogP contribution in [0.15, 0.2) is 9.66 Å². The number of carbonyl (C=O) groups excluding carboxylic acids is 1. The third-order valence-corrected chi connectivity index (χ3v) is 1.96. The van der Waals surface area contributed by atoms with Crippen LogP contribution < -0.4 is 0 Å². The summed E-state index contributed by atoms with van der Waals surface area (Å²) >= 11 is 1.92. The molecule has 0 aromatic heterocycles. The van der Waals surface area contributed by atoms with Crippen LogP contribution in [0.4, 0.5) is 0 Å². The molecule has 0 aromatic carbocycles. The van der Waals surface area contributed by atoms with E-state index in [0.717, 1.165) is 0 Å². The van der Waals surface area contributed by atoms with E-state index in [4.69, 9.17) is 5.11 Å². The molecule has 0 fully saturated rings. The summed E-state index contributed by atoms with van der Waals surface area (Å²) in [5.74, 6) is 0.0538. The minimum Gasteiger partial charge on any atom is -0.389 e. The van der Waals surface area contributed by atoms with Crippen molar-refractivity contribution in [3.8, 4) is 0 Å². The van der Waals surface area contributed by atoms with Gasteiger partial charge in [-0.25, -0.2) is 0 Å². The summed E-state index contributed by atoms with van der Waals surface area (Å²) in [5, 5.41) is 8.77. The van der Waals surface area contributed by atoms with Crippen molar-refractivity contribution >= 4 is 28.4 Å². The lowest BCUT2D eigenvalue weighted by atomic mass is 10.3. The fourth-order valence-corrected chi connectivity index (χ4v) is 1.24. The topological polar surface area (TPSA) is 37.3 Å². The Hall–Kier alpha value is 0.100. The van der Waals surface area contributed by atoms with Gasteiger partial charge in [0.15, 0.2) is 5.78 Å². The maximum absolute atomic E-state index is 10.5. The molecule has 0 aliphatic heterocycles. The van der Waals surface area contributed by atoms with Gasteiger partial charge in [-0.1, -0.05) is 0 Å². The molecule has 1 atom stereocenters. The minimum atomic E-state index is -0.519. The average Bonchev–Trinajstić information content (AvgIpc) is 1.85. The Kier molecular flexibility index (Phi) is 1.67. The van der Waals surface area contributed by atoms with Crippen molar-refractivity contribution in [2.75, 3.05) is 0 Å². The smallest absolute Gasteiger partial charge is 0.171 e. The second-order valence-corrected chi connectivity index (χ2v) is 2.87. The van der Waals surface area contributed by atoms with Crippen LogP contribution in [0.25, 0.3) is 0 Å². The van der Waals surface area contributed by atoms with E-state index in [9.17, 15) is 4.79 Å². The highest BCUT2D eigenvalue weighted by atomic mass is 127. The Balaban J connectivity index is 2.73. The van der Waals surface area contributed by atoms with Gasteiger partial charge in [0.2, 0.25) is 0 Å². The van der Waals surface area contributed by atoms with E-state index in [1.807, 2.05) is 22.6 Å². The van der Waals surface area contributed by atoms with Crippen LogP contribution in [-0.4, -0.2) is 17.0 Å². The Morgan fingerprint density at radius 1 is 1.88 bits per heavy atom. The predicted octanol–water partition coefficient (Wildman–Crippen LogP) is 0.639. The number of ketones is 1. The van der Waals surface area contributed by atoms with Gasteiger partial charge in [-0.05, 0) is 28.7 Å². The number of aliphatic hydroxyl groups excluding tert-OH is 1. The molecule has 0 saturated carbocycles. The first-order valence-electron chi connectivity index (χ1n) is 2.29. The van der Waals surface area contributed by atoms with Crippen molar-refractivity contribution in [1.29, 1.82) is 0 Å². The van der Waals surface area contributed by atoms with E-state index in [2.05, 4.69) is 0 Å². The van der Waals surface area contributed by atoms with E-state index in [1.165, 1.54) is 0 Å². The maximum Gasteiger partial charge on any atom is 0.171 e. The number of Topliss-reactive ketones (excluding diaryl/α,β-unsaturated/α-hetero) is 1. The van der Waals surface area contributed by atoms with Crippen molar-refractivity contribution < 1.29 is 9.90 Å². The molecule has 0 saturated heterocycles. The predicted molar refractivity (Wildman–Crippen MR) is 37.7 cm³/mol. The van der Waals surface area contributed by atoms with Crippen LogP contribution >= 0.6 is 22.6 Å². The number of aliphatic hydroxyl groups is 1. The zero-order valence-corrected chi connectivity index (χ0v) is 6.25. The van der Waals surface area contributed by atoms with Crippen molar-refractivity contribution in [2.24, 2.45) is 0 Å². The molecule has 0 amide bonds. The molecule has 1 aliphatic carbocycles.